The molecule has 6 heteroatoms. The largest absolute Gasteiger partial charge is 0.493 e. The standard InChI is InChI=1S/C24H40N4O2/c1-25-23(26-17-19-10-14-28(2)15-11-19)27-18-24(12-6-5-7-13-24)20-8-9-21(29-3)22(16-20)30-4/h8-9,16,19H,5-7,10-15,17-18H2,1-4H3,(H2,25,26,27). The van der Waals surface area contributed by atoms with Crippen LogP contribution >= 0.6 is 0 Å². The van der Waals surface area contributed by atoms with Crippen molar-refractivity contribution in [3.63, 3.8) is 0 Å². The summed E-state index contributed by atoms with van der Waals surface area (Å²) in [5.74, 6) is 3.24. The zero-order valence-electron chi connectivity index (χ0n) is 19.3. The lowest BCUT2D eigenvalue weighted by molar-refractivity contribution is 0.220. The van der Waals surface area contributed by atoms with Gasteiger partial charge < -0.3 is 25.0 Å². The highest BCUT2D eigenvalue weighted by Gasteiger charge is 2.35. The van der Waals surface area contributed by atoms with E-state index in [-0.39, 0.29) is 5.41 Å². The van der Waals surface area contributed by atoms with Gasteiger partial charge in [-0.3, -0.25) is 4.99 Å². The highest BCUT2D eigenvalue weighted by atomic mass is 16.5. The number of guanidine groups is 1. The fourth-order valence-electron chi connectivity index (χ4n) is 4.94. The second-order valence-corrected chi connectivity index (χ2v) is 8.96. The van der Waals surface area contributed by atoms with Crippen LogP contribution in [0.1, 0.15) is 50.5 Å². The summed E-state index contributed by atoms with van der Waals surface area (Å²) in [6.07, 6.45) is 8.72. The Labute approximate surface area is 182 Å². The van der Waals surface area contributed by atoms with E-state index in [1.807, 2.05) is 13.1 Å². The van der Waals surface area contributed by atoms with Crippen LogP contribution < -0.4 is 20.1 Å². The van der Waals surface area contributed by atoms with Gasteiger partial charge in [-0.15, -0.1) is 0 Å². The second-order valence-electron chi connectivity index (χ2n) is 8.96. The zero-order chi connectivity index (χ0) is 21.4. The highest BCUT2D eigenvalue weighted by molar-refractivity contribution is 5.79. The van der Waals surface area contributed by atoms with Gasteiger partial charge in [0.25, 0.3) is 0 Å². The number of hydrogen-bond donors (Lipinski definition) is 2. The first-order chi connectivity index (χ1) is 14.6. The molecule has 2 aliphatic rings. The van der Waals surface area contributed by atoms with Gasteiger partial charge >= 0.3 is 0 Å². The van der Waals surface area contributed by atoms with Crippen molar-refractivity contribution in [1.82, 2.24) is 15.5 Å². The van der Waals surface area contributed by atoms with Crippen molar-refractivity contribution < 1.29 is 9.47 Å². The fourth-order valence-corrected chi connectivity index (χ4v) is 4.94. The lowest BCUT2D eigenvalue weighted by Crippen LogP contribution is -2.48. The molecule has 6 nitrogen and oxygen atoms in total. The summed E-state index contributed by atoms with van der Waals surface area (Å²) in [6.45, 7) is 4.27. The molecule has 1 heterocycles. The molecule has 0 bridgehead atoms. The minimum atomic E-state index is 0.100. The maximum atomic E-state index is 5.59. The van der Waals surface area contributed by atoms with Gasteiger partial charge in [-0.25, -0.2) is 0 Å². The minimum Gasteiger partial charge on any atom is -0.493 e. The molecule has 1 aromatic rings. The Morgan fingerprint density at radius 3 is 2.40 bits per heavy atom. The lowest BCUT2D eigenvalue weighted by Gasteiger charge is -2.39. The summed E-state index contributed by atoms with van der Waals surface area (Å²) in [6, 6.07) is 6.42. The predicted molar refractivity (Wildman–Crippen MR) is 124 cm³/mol. The number of hydrogen-bond acceptors (Lipinski definition) is 4. The van der Waals surface area contributed by atoms with Crippen LogP contribution in [0.2, 0.25) is 0 Å². The van der Waals surface area contributed by atoms with Crippen LogP contribution in [-0.2, 0) is 5.41 Å². The summed E-state index contributed by atoms with van der Waals surface area (Å²) < 4.78 is 11.0. The molecule has 0 unspecified atom stereocenters. The van der Waals surface area contributed by atoms with Gasteiger partial charge in [-0.2, -0.15) is 0 Å². The average Bonchev–Trinajstić information content (AvgIpc) is 2.80. The summed E-state index contributed by atoms with van der Waals surface area (Å²) in [5, 5.41) is 7.23. The molecule has 1 aromatic carbocycles. The third-order valence-electron chi connectivity index (χ3n) is 7.02. The number of nitrogens with zero attached hydrogens (tertiary/aromatic N) is 2. The molecule has 30 heavy (non-hydrogen) atoms. The number of rotatable bonds is 7. The SMILES string of the molecule is CN=C(NCC1CCN(C)CC1)NCC1(c2ccc(OC)c(OC)c2)CCCCC1. The van der Waals surface area contributed by atoms with Crippen LogP contribution in [0.4, 0.5) is 0 Å². The van der Waals surface area contributed by atoms with E-state index in [1.165, 1.54) is 63.6 Å². The molecule has 1 saturated carbocycles. The normalized spacial score (nSPS) is 20.6. The van der Waals surface area contributed by atoms with Gasteiger partial charge in [0.1, 0.15) is 0 Å². The van der Waals surface area contributed by atoms with Crippen LogP contribution in [0.25, 0.3) is 0 Å². The van der Waals surface area contributed by atoms with Crippen molar-refractivity contribution in [2.45, 2.75) is 50.4 Å². The zero-order valence-corrected chi connectivity index (χ0v) is 19.3. The Hall–Kier alpha value is -1.95. The van der Waals surface area contributed by atoms with E-state index in [2.05, 4.69) is 39.7 Å². The number of nitrogens with one attached hydrogen (secondary N) is 2. The summed E-state index contributed by atoms with van der Waals surface area (Å²) in [7, 11) is 7.48. The van der Waals surface area contributed by atoms with Gasteiger partial charge in [0.15, 0.2) is 17.5 Å². The molecule has 2 fully saturated rings. The van der Waals surface area contributed by atoms with Crippen molar-refractivity contribution in [3.05, 3.63) is 23.8 Å². The number of aliphatic imine (C=N–C) groups is 1. The first kappa shape index (κ1) is 22.7. The van der Waals surface area contributed by atoms with Crippen LogP contribution in [0.3, 0.4) is 0 Å². The first-order valence-corrected chi connectivity index (χ1v) is 11.5. The van der Waals surface area contributed by atoms with E-state index in [9.17, 15) is 0 Å². The third-order valence-corrected chi connectivity index (χ3v) is 7.02. The molecule has 0 radical (unpaired) electrons. The molecule has 1 saturated heterocycles. The van der Waals surface area contributed by atoms with Crippen molar-refractivity contribution in [3.8, 4) is 11.5 Å². The Kier molecular flexibility index (Phi) is 8.25. The van der Waals surface area contributed by atoms with Crippen molar-refractivity contribution >= 4 is 5.96 Å². The average molecular weight is 417 g/mol. The Morgan fingerprint density at radius 2 is 1.77 bits per heavy atom. The lowest BCUT2D eigenvalue weighted by atomic mass is 9.69. The first-order valence-electron chi connectivity index (χ1n) is 11.5. The fraction of sp³-hybridized carbons (Fsp3) is 0.708. The van der Waals surface area contributed by atoms with Crippen LogP contribution in [0.15, 0.2) is 23.2 Å². The van der Waals surface area contributed by atoms with E-state index in [0.29, 0.717) is 0 Å². The van der Waals surface area contributed by atoms with Crippen LogP contribution in [0.5, 0.6) is 11.5 Å². The molecule has 168 valence electrons. The molecule has 1 aliphatic heterocycles. The van der Waals surface area contributed by atoms with E-state index in [0.717, 1.165) is 36.5 Å². The van der Waals surface area contributed by atoms with E-state index in [1.54, 1.807) is 14.2 Å². The number of ether oxygens (including phenoxy) is 2. The molecular formula is C24H40N4O2. The maximum Gasteiger partial charge on any atom is 0.191 e. The molecule has 0 aromatic heterocycles. The highest BCUT2D eigenvalue weighted by Crippen LogP contribution is 2.42. The Bertz CT molecular complexity index is 692. The van der Waals surface area contributed by atoms with Crippen molar-refractivity contribution in [2.75, 3.05) is 54.5 Å². The monoisotopic (exact) mass is 416 g/mol. The summed E-state index contributed by atoms with van der Waals surface area (Å²) in [4.78, 5) is 6.91. The van der Waals surface area contributed by atoms with Gasteiger partial charge in [0, 0.05) is 25.6 Å². The van der Waals surface area contributed by atoms with E-state index < -0.39 is 0 Å². The van der Waals surface area contributed by atoms with E-state index >= 15 is 0 Å². The number of benzene rings is 1. The Balaban J connectivity index is 1.65. The van der Waals surface area contributed by atoms with Crippen LogP contribution in [0, 0.1) is 5.92 Å². The Morgan fingerprint density at radius 1 is 1.07 bits per heavy atom. The van der Waals surface area contributed by atoms with Crippen molar-refractivity contribution in [2.24, 2.45) is 10.9 Å². The molecule has 3 rings (SSSR count). The van der Waals surface area contributed by atoms with Gasteiger partial charge in [0.2, 0.25) is 0 Å². The molecule has 2 N–H and O–H groups in total. The smallest absolute Gasteiger partial charge is 0.191 e. The number of piperidine rings is 1. The minimum absolute atomic E-state index is 0.100. The molecule has 0 amide bonds. The number of likely N-dealkylation sites (tertiary alicyclic amines) is 1. The van der Waals surface area contributed by atoms with Gasteiger partial charge in [0.05, 0.1) is 14.2 Å². The van der Waals surface area contributed by atoms with Gasteiger partial charge in [-0.05, 0) is 69.4 Å². The second kappa shape index (κ2) is 10.9. The predicted octanol–water partition coefficient (Wildman–Crippen LogP) is 3.41. The third kappa shape index (κ3) is 5.60. The molecular weight excluding hydrogens is 376 g/mol. The molecule has 0 atom stereocenters. The summed E-state index contributed by atoms with van der Waals surface area (Å²) in [5.41, 5.74) is 1.43. The van der Waals surface area contributed by atoms with Crippen molar-refractivity contribution in [1.29, 1.82) is 0 Å². The topological polar surface area (TPSA) is 58.1 Å². The molecule has 0 spiro atoms. The van der Waals surface area contributed by atoms with E-state index in [4.69, 9.17) is 9.47 Å². The maximum absolute atomic E-state index is 5.59. The van der Waals surface area contributed by atoms with Gasteiger partial charge in [-0.1, -0.05) is 25.3 Å². The quantitative estimate of drug-likeness (QED) is 0.527. The number of methoxy groups -OCH3 is 2. The molecule has 1 aliphatic carbocycles. The summed E-state index contributed by atoms with van der Waals surface area (Å²) >= 11 is 0. The van der Waals surface area contributed by atoms with Crippen LogP contribution in [-0.4, -0.2) is 65.4 Å².